The molecule has 0 aliphatic heterocycles. The van der Waals surface area contributed by atoms with Gasteiger partial charge in [-0.2, -0.15) is 0 Å². The lowest BCUT2D eigenvalue weighted by Gasteiger charge is -2.26. The van der Waals surface area contributed by atoms with E-state index in [0.717, 1.165) is 5.56 Å². The second-order valence-electron chi connectivity index (χ2n) is 7.88. The zero-order chi connectivity index (χ0) is 21.4. The van der Waals surface area contributed by atoms with Crippen LogP contribution in [0.5, 0.6) is 0 Å². The standard InChI is InChI=1S/C22H28N4O3/c1-16-8-10-17(11-9-16)26(15-20(28)25-22(2,3)4)21(29)13-12-19(27)24-18-7-5-6-14-23-18/h5-11,14H,12-13,15H2,1-4H3,(H,25,28)(H,23,24,27). The highest BCUT2D eigenvalue weighted by Gasteiger charge is 2.22. The molecule has 0 radical (unpaired) electrons. The van der Waals surface area contributed by atoms with Crippen LogP contribution in [0.1, 0.15) is 39.2 Å². The molecule has 7 heteroatoms. The zero-order valence-electron chi connectivity index (χ0n) is 17.4. The molecule has 0 fully saturated rings. The van der Waals surface area contributed by atoms with Crippen molar-refractivity contribution in [2.24, 2.45) is 0 Å². The van der Waals surface area contributed by atoms with E-state index in [9.17, 15) is 14.4 Å². The second-order valence-corrected chi connectivity index (χ2v) is 7.88. The summed E-state index contributed by atoms with van der Waals surface area (Å²) in [6, 6.07) is 12.5. The van der Waals surface area contributed by atoms with Gasteiger partial charge in [0, 0.05) is 30.3 Å². The van der Waals surface area contributed by atoms with Crippen LogP contribution in [-0.2, 0) is 14.4 Å². The van der Waals surface area contributed by atoms with Gasteiger partial charge in [0.25, 0.3) is 0 Å². The van der Waals surface area contributed by atoms with E-state index in [2.05, 4.69) is 15.6 Å². The zero-order valence-corrected chi connectivity index (χ0v) is 17.4. The summed E-state index contributed by atoms with van der Waals surface area (Å²) in [6.45, 7) is 7.48. The maximum absolute atomic E-state index is 12.8. The molecule has 1 heterocycles. The van der Waals surface area contributed by atoms with Crippen molar-refractivity contribution in [3.05, 3.63) is 54.2 Å². The summed E-state index contributed by atoms with van der Waals surface area (Å²) in [5, 5.41) is 5.52. The number of aryl methyl sites for hydroxylation is 1. The summed E-state index contributed by atoms with van der Waals surface area (Å²) in [5.41, 5.74) is 1.27. The molecule has 1 aromatic carbocycles. The van der Waals surface area contributed by atoms with E-state index in [1.54, 1.807) is 36.5 Å². The quantitative estimate of drug-likeness (QED) is 0.752. The van der Waals surface area contributed by atoms with Gasteiger partial charge >= 0.3 is 0 Å². The Hall–Kier alpha value is -3.22. The van der Waals surface area contributed by atoms with E-state index in [1.807, 2.05) is 39.8 Å². The van der Waals surface area contributed by atoms with Crippen LogP contribution in [-0.4, -0.2) is 34.8 Å². The maximum Gasteiger partial charge on any atom is 0.240 e. The first-order valence-corrected chi connectivity index (χ1v) is 9.53. The number of amides is 3. The highest BCUT2D eigenvalue weighted by atomic mass is 16.2. The van der Waals surface area contributed by atoms with Gasteiger partial charge in [-0.1, -0.05) is 23.8 Å². The summed E-state index contributed by atoms with van der Waals surface area (Å²) in [7, 11) is 0. The molecule has 1 aromatic heterocycles. The lowest BCUT2D eigenvalue weighted by atomic mass is 10.1. The van der Waals surface area contributed by atoms with Crippen LogP contribution in [0.2, 0.25) is 0 Å². The van der Waals surface area contributed by atoms with Gasteiger partial charge in [0.05, 0.1) is 0 Å². The molecule has 2 N–H and O–H groups in total. The van der Waals surface area contributed by atoms with E-state index in [4.69, 9.17) is 0 Å². The molecule has 154 valence electrons. The van der Waals surface area contributed by atoms with Crippen molar-refractivity contribution in [3.63, 3.8) is 0 Å². The number of anilines is 2. The molecule has 3 amide bonds. The average molecular weight is 396 g/mol. The Labute approximate surface area is 171 Å². The Morgan fingerprint density at radius 2 is 1.66 bits per heavy atom. The first-order chi connectivity index (χ1) is 13.6. The van der Waals surface area contributed by atoms with E-state index in [1.165, 1.54) is 4.90 Å². The molecular formula is C22H28N4O3. The number of hydrogen-bond donors (Lipinski definition) is 2. The molecule has 0 atom stereocenters. The number of nitrogens with one attached hydrogen (secondary N) is 2. The first-order valence-electron chi connectivity index (χ1n) is 9.53. The summed E-state index contributed by atoms with van der Waals surface area (Å²) in [6.07, 6.45) is 1.56. The minimum Gasteiger partial charge on any atom is -0.350 e. The van der Waals surface area contributed by atoms with Gasteiger partial charge in [0.15, 0.2) is 0 Å². The van der Waals surface area contributed by atoms with Gasteiger partial charge in [-0.25, -0.2) is 4.98 Å². The van der Waals surface area contributed by atoms with Crippen molar-refractivity contribution in [2.45, 2.75) is 46.1 Å². The number of carbonyl (C=O) groups is 3. The Morgan fingerprint density at radius 1 is 0.966 bits per heavy atom. The van der Waals surface area contributed by atoms with Crippen molar-refractivity contribution < 1.29 is 14.4 Å². The third kappa shape index (κ3) is 7.73. The highest BCUT2D eigenvalue weighted by molar-refractivity contribution is 6.01. The van der Waals surface area contributed by atoms with E-state index < -0.39 is 5.54 Å². The van der Waals surface area contributed by atoms with E-state index >= 15 is 0 Å². The van der Waals surface area contributed by atoms with Gasteiger partial charge in [-0.05, 0) is 52.0 Å². The Balaban J connectivity index is 2.04. The third-order valence-electron chi connectivity index (χ3n) is 3.96. The van der Waals surface area contributed by atoms with Crippen LogP contribution in [0.3, 0.4) is 0 Å². The smallest absolute Gasteiger partial charge is 0.240 e. The maximum atomic E-state index is 12.8. The van der Waals surface area contributed by atoms with E-state index in [-0.39, 0.29) is 37.1 Å². The molecule has 29 heavy (non-hydrogen) atoms. The molecule has 0 aliphatic carbocycles. The minimum atomic E-state index is -0.401. The molecule has 7 nitrogen and oxygen atoms in total. The Morgan fingerprint density at radius 3 is 2.24 bits per heavy atom. The lowest BCUT2D eigenvalue weighted by molar-refractivity contribution is -0.125. The third-order valence-corrected chi connectivity index (χ3v) is 3.96. The van der Waals surface area contributed by atoms with Crippen molar-refractivity contribution in [1.29, 1.82) is 0 Å². The van der Waals surface area contributed by atoms with Crippen molar-refractivity contribution in [3.8, 4) is 0 Å². The Bertz CT molecular complexity index is 843. The average Bonchev–Trinajstić information content (AvgIpc) is 2.64. The summed E-state index contributed by atoms with van der Waals surface area (Å²) in [5.74, 6) is -0.427. The number of benzene rings is 1. The fourth-order valence-electron chi connectivity index (χ4n) is 2.65. The molecule has 2 aromatic rings. The van der Waals surface area contributed by atoms with Crippen LogP contribution >= 0.6 is 0 Å². The molecule has 0 saturated heterocycles. The van der Waals surface area contributed by atoms with Crippen LogP contribution in [0.15, 0.2) is 48.7 Å². The van der Waals surface area contributed by atoms with Crippen LogP contribution in [0.25, 0.3) is 0 Å². The highest BCUT2D eigenvalue weighted by Crippen LogP contribution is 2.17. The second kappa shape index (κ2) is 9.82. The van der Waals surface area contributed by atoms with Gasteiger partial charge in [-0.15, -0.1) is 0 Å². The molecule has 0 spiro atoms. The lowest BCUT2D eigenvalue weighted by Crippen LogP contribution is -2.47. The summed E-state index contributed by atoms with van der Waals surface area (Å²) < 4.78 is 0. The molecule has 2 rings (SSSR count). The number of rotatable bonds is 7. The number of carbonyl (C=O) groups excluding carboxylic acids is 3. The van der Waals surface area contributed by atoms with Crippen molar-refractivity contribution in [1.82, 2.24) is 10.3 Å². The van der Waals surface area contributed by atoms with Gasteiger partial charge < -0.3 is 15.5 Å². The topological polar surface area (TPSA) is 91.4 Å². The largest absolute Gasteiger partial charge is 0.350 e. The van der Waals surface area contributed by atoms with E-state index in [0.29, 0.717) is 11.5 Å². The SMILES string of the molecule is Cc1ccc(N(CC(=O)NC(C)(C)C)C(=O)CCC(=O)Nc2ccccn2)cc1. The van der Waals surface area contributed by atoms with Crippen LogP contribution in [0, 0.1) is 6.92 Å². The van der Waals surface area contributed by atoms with Crippen molar-refractivity contribution >= 4 is 29.2 Å². The van der Waals surface area contributed by atoms with Crippen LogP contribution in [0.4, 0.5) is 11.5 Å². The predicted molar refractivity (Wildman–Crippen MR) is 114 cm³/mol. The molecule has 0 unspecified atom stereocenters. The minimum absolute atomic E-state index is 0.00133. The molecule has 0 aliphatic rings. The van der Waals surface area contributed by atoms with Crippen molar-refractivity contribution in [2.75, 3.05) is 16.8 Å². The number of aromatic nitrogens is 1. The summed E-state index contributed by atoms with van der Waals surface area (Å²) in [4.78, 5) is 42.8. The van der Waals surface area contributed by atoms with Crippen LogP contribution < -0.4 is 15.5 Å². The normalized spacial score (nSPS) is 10.9. The Kier molecular flexibility index (Phi) is 7.47. The fraction of sp³-hybridized carbons (Fsp3) is 0.364. The number of nitrogens with zero attached hydrogens (tertiary/aromatic N) is 2. The first kappa shape index (κ1) is 22.1. The number of hydrogen-bond acceptors (Lipinski definition) is 4. The summed E-state index contributed by atoms with van der Waals surface area (Å²) >= 11 is 0. The molecule has 0 saturated carbocycles. The predicted octanol–water partition coefficient (Wildman–Crippen LogP) is 3.06. The van der Waals surface area contributed by atoms with Gasteiger partial charge in [-0.3, -0.25) is 14.4 Å². The monoisotopic (exact) mass is 396 g/mol. The fourth-order valence-corrected chi connectivity index (χ4v) is 2.65. The molecular weight excluding hydrogens is 368 g/mol. The van der Waals surface area contributed by atoms with Gasteiger partial charge in [0.1, 0.15) is 12.4 Å². The van der Waals surface area contributed by atoms with Gasteiger partial charge in [0.2, 0.25) is 17.7 Å². The molecule has 0 bridgehead atoms. The number of pyridine rings is 1.